The average molecular weight is 278 g/mol. The van der Waals surface area contributed by atoms with E-state index in [4.69, 9.17) is 23.2 Å². The van der Waals surface area contributed by atoms with Gasteiger partial charge in [-0.2, -0.15) is 0 Å². The van der Waals surface area contributed by atoms with Crippen molar-refractivity contribution in [3.63, 3.8) is 0 Å². The lowest BCUT2D eigenvalue weighted by molar-refractivity contribution is 1.31. The molecule has 18 heavy (non-hydrogen) atoms. The normalized spacial score (nSPS) is 10.8. The molecule has 2 heterocycles. The van der Waals surface area contributed by atoms with Gasteiger partial charge in [-0.15, -0.1) is 0 Å². The molecule has 0 aliphatic rings. The molecule has 0 aliphatic carbocycles. The maximum atomic E-state index is 6.00. The van der Waals surface area contributed by atoms with Crippen LogP contribution in [0.5, 0.6) is 0 Å². The molecule has 90 valence electrons. The Morgan fingerprint density at radius 3 is 2.61 bits per heavy atom. The second-order valence-corrected chi connectivity index (χ2v) is 4.69. The van der Waals surface area contributed by atoms with Gasteiger partial charge in [-0.3, -0.25) is 0 Å². The van der Waals surface area contributed by atoms with Gasteiger partial charge in [0.25, 0.3) is 0 Å². The second-order valence-electron chi connectivity index (χ2n) is 3.87. The lowest BCUT2D eigenvalue weighted by Crippen LogP contribution is -1.79. The number of halogens is 2. The zero-order chi connectivity index (χ0) is 12.5. The molecule has 2 aromatic heterocycles. The Hall–Kier alpha value is -1.71. The van der Waals surface area contributed by atoms with Crippen molar-refractivity contribution in [3.05, 3.63) is 52.9 Å². The fraction of sp³-hybridized carbons (Fsp3) is 0. The van der Waals surface area contributed by atoms with Crippen molar-refractivity contribution in [2.24, 2.45) is 0 Å². The monoisotopic (exact) mass is 277 g/mol. The van der Waals surface area contributed by atoms with E-state index in [0.717, 1.165) is 22.6 Å². The largest absolute Gasteiger partial charge is 0.367 e. The standard InChI is InChI=1S/C13H9Cl2N3/c14-10-2-1-8(5-11(10)15)12-7-17-13(18-12)9-3-4-16-6-9/h1-7,16H,(H,17,18). The SMILES string of the molecule is Clc1ccc(-c2cnc(-c3cc[nH]c3)[nH]2)cc1Cl. The molecule has 1 aromatic carbocycles. The summed E-state index contributed by atoms with van der Waals surface area (Å²) < 4.78 is 0. The highest BCUT2D eigenvalue weighted by Gasteiger charge is 2.07. The first kappa shape index (κ1) is 11.4. The number of benzene rings is 1. The molecule has 0 saturated heterocycles. The van der Waals surface area contributed by atoms with Crippen molar-refractivity contribution < 1.29 is 0 Å². The van der Waals surface area contributed by atoms with E-state index in [0.29, 0.717) is 10.0 Å². The Labute approximate surface area is 114 Å². The van der Waals surface area contributed by atoms with Crippen LogP contribution in [-0.2, 0) is 0 Å². The molecule has 0 radical (unpaired) electrons. The summed E-state index contributed by atoms with van der Waals surface area (Å²) in [6.07, 6.45) is 5.52. The van der Waals surface area contributed by atoms with Gasteiger partial charge in [-0.05, 0) is 18.2 Å². The third kappa shape index (κ3) is 2.03. The van der Waals surface area contributed by atoms with Gasteiger partial charge in [-0.25, -0.2) is 4.98 Å². The Morgan fingerprint density at radius 1 is 1.00 bits per heavy atom. The summed E-state index contributed by atoms with van der Waals surface area (Å²) >= 11 is 11.9. The van der Waals surface area contributed by atoms with E-state index >= 15 is 0 Å². The number of nitrogens with zero attached hydrogens (tertiary/aromatic N) is 1. The third-order valence-corrected chi connectivity index (χ3v) is 3.42. The topological polar surface area (TPSA) is 44.5 Å². The minimum Gasteiger partial charge on any atom is -0.367 e. The van der Waals surface area contributed by atoms with Crippen molar-refractivity contribution >= 4 is 23.2 Å². The molecule has 0 amide bonds. The molecule has 0 atom stereocenters. The van der Waals surface area contributed by atoms with E-state index in [-0.39, 0.29) is 0 Å². The molecule has 0 fully saturated rings. The minimum atomic E-state index is 0.534. The minimum absolute atomic E-state index is 0.534. The van der Waals surface area contributed by atoms with Crippen molar-refractivity contribution in [2.45, 2.75) is 0 Å². The Morgan fingerprint density at radius 2 is 1.89 bits per heavy atom. The van der Waals surface area contributed by atoms with Gasteiger partial charge in [0.1, 0.15) is 5.82 Å². The number of rotatable bonds is 2. The van der Waals surface area contributed by atoms with Gasteiger partial charge in [0, 0.05) is 23.5 Å². The van der Waals surface area contributed by atoms with Gasteiger partial charge in [0.2, 0.25) is 0 Å². The van der Waals surface area contributed by atoms with Crippen molar-refractivity contribution in [1.29, 1.82) is 0 Å². The fourth-order valence-corrected chi connectivity index (χ4v) is 2.05. The number of aromatic nitrogens is 3. The van der Waals surface area contributed by atoms with E-state index < -0.39 is 0 Å². The smallest absolute Gasteiger partial charge is 0.139 e. The van der Waals surface area contributed by atoms with Crippen molar-refractivity contribution in [3.8, 4) is 22.6 Å². The number of nitrogens with one attached hydrogen (secondary N) is 2. The van der Waals surface area contributed by atoms with Crippen molar-refractivity contribution in [1.82, 2.24) is 15.0 Å². The Bertz CT molecular complexity index is 671. The number of H-pyrrole nitrogens is 2. The lowest BCUT2D eigenvalue weighted by atomic mass is 10.2. The molecule has 5 heteroatoms. The number of hydrogen-bond acceptors (Lipinski definition) is 1. The van der Waals surface area contributed by atoms with E-state index in [9.17, 15) is 0 Å². The average Bonchev–Trinajstić information content (AvgIpc) is 3.01. The summed E-state index contributed by atoms with van der Waals surface area (Å²) in [5.74, 6) is 0.817. The number of hydrogen-bond donors (Lipinski definition) is 2. The first-order valence-corrected chi connectivity index (χ1v) is 6.13. The van der Waals surface area contributed by atoms with Crippen LogP contribution >= 0.6 is 23.2 Å². The molecule has 0 unspecified atom stereocenters. The molecule has 0 aliphatic heterocycles. The molecule has 3 rings (SSSR count). The lowest BCUT2D eigenvalue weighted by Gasteiger charge is -2.00. The summed E-state index contributed by atoms with van der Waals surface area (Å²) in [5.41, 5.74) is 2.88. The van der Waals surface area contributed by atoms with Gasteiger partial charge >= 0.3 is 0 Å². The maximum absolute atomic E-state index is 6.00. The summed E-state index contributed by atoms with van der Waals surface area (Å²) in [5, 5.41) is 1.08. The summed E-state index contributed by atoms with van der Waals surface area (Å²) in [6.45, 7) is 0. The molecule has 0 spiro atoms. The van der Waals surface area contributed by atoms with Crippen LogP contribution in [-0.4, -0.2) is 15.0 Å². The number of imidazole rings is 1. The molecule has 2 N–H and O–H groups in total. The first-order valence-electron chi connectivity index (χ1n) is 5.37. The zero-order valence-electron chi connectivity index (χ0n) is 9.24. The quantitative estimate of drug-likeness (QED) is 0.717. The molecule has 3 aromatic rings. The Balaban J connectivity index is 2.00. The summed E-state index contributed by atoms with van der Waals surface area (Å²) in [6, 6.07) is 7.45. The molecule has 3 nitrogen and oxygen atoms in total. The highest BCUT2D eigenvalue weighted by atomic mass is 35.5. The highest BCUT2D eigenvalue weighted by Crippen LogP contribution is 2.28. The molecule has 0 saturated carbocycles. The predicted molar refractivity (Wildman–Crippen MR) is 73.8 cm³/mol. The van der Waals surface area contributed by atoms with E-state index in [1.165, 1.54) is 0 Å². The van der Waals surface area contributed by atoms with Crippen LogP contribution in [0.2, 0.25) is 10.0 Å². The van der Waals surface area contributed by atoms with Crippen LogP contribution in [0.15, 0.2) is 42.9 Å². The van der Waals surface area contributed by atoms with Crippen LogP contribution in [0.4, 0.5) is 0 Å². The van der Waals surface area contributed by atoms with E-state index in [2.05, 4.69) is 15.0 Å². The molecule has 0 bridgehead atoms. The van der Waals surface area contributed by atoms with Crippen LogP contribution in [0.3, 0.4) is 0 Å². The van der Waals surface area contributed by atoms with Crippen molar-refractivity contribution in [2.75, 3.05) is 0 Å². The van der Waals surface area contributed by atoms with Gasteiger partial charge < -0.3 is 9.97 Å². The van der Waals surface area contributed by atoms with Crippen LogP contribution in [0.25, 0.3) is 22.6 Å². The van der Waals surface area contributed by atoms with E-state index in [1.54, 1.807) is 12.3 Å². The van der Waals surface area contributed by atoms with Crippen LogP contribution in [0, 0.1) is 0 Å². The summed E-state index contributed by atoms with van der Waals surface area (Å²) in [4.78, 5) is 10.6. The fourth-order valence-electron chi connectivity index (χ4n) is 1.75. The van der Waals surface area contributed by atoms with Gasteiger partial charge in [-0.1, -0.05) is 29.3 Å². The van der Waals surface area contributed by atoms with Gasteiger partial charge in [0.05, 0.1) is 21.9 Å². The van der Waals surface area contributed by atoms with Gasteiger partial charge in [0.15, 0.2) is 0 Å². The number of aromatic amines is 2. The Kier molecular flexibility index (Phi) is 2.86. The molecular weight excluding hydrogens is 269 g/mol. The van der Waals surface area contributed by atoms with E-state index in [1.807, 2.05) is 30.6 Å². The molecular formula is C13H9Cl2N3. The second kappa shape index (κ2) is 4.52. The van der Waals surface area contributed by atoms with Crippen LogP contribution < -0.4 is 0 Å². The summed E-state index contributed by atoms with van der Waals surface area (Å²) in [7, 11) is 0. The predicted octanol–water partition coefficient (Wildman–Crippen LogP) is 4.38. The third-order valence-electron chi connectivity index (χ3n) is 2.68. The zero-order valence-corrected chi connectivity index (χ0v) is 10.8. The van der Waals surface area contributed by atoms with Crippen LogP contribution in [0.1, 0.15) is 0 Å². The highest BCUT2D eigenvalue weighted by molar-refractivity contribution is 6.42. The maximum Gasteiger partial charge on any atom is 0.139 e. The first-order chi connectivity index (χ1) is 8.74.